The van der Waals surface area contributed by atoms with E-state index in [1.165, 1.54) is 11.3 Å². The van der Waals surface area contributed by atoms with Gasteiger partial charge in [0.05, 0.1) is 21.5 Å². The van der Waals surface area contributed by atoms with Crippen LogP contribution in [-0.4, -0.2) is 14.5 Å². The zero-order chi connectivity index (χ0) is 19.3. The van der Waals surface area contributed by atoms with E-state index < -0.39 is 22.7 Å². The van der Waals surface area contributed by atoms with Gasteiger partial charge in [-0.3, -0.25) is 14.3 Å². The Morgan fingerprint density at radius 2 is 2.00 bits per heavy atom. The number of aromatic nitrogens is 3. The quantitative estimate of drug-likeness (QED) is 0.557. The lowest BCUT2D eigenvalue weighted by Gasteiger charge is -2.19. The number of nitrogens with one attached hydrogen (secondary N) is 1. The second kappa shape index (κ2) is 6.56. The Morgan fingerprint density at radius 3 is 2.59 bits per heavy atom. The number of hydrogen-bond donors (Lipinski definition) is 1. The Morgan fingerprint density at radius 1 is 1.30 bits per heavy atom. The van der Waals surface area contributed by atoms with Crippen LogP contribution in [0.5, 0.6) is 0 Å². The van der Waals surface area contributed by atoms with Crippen LogP contribution in [0.1, 0.15) is 42.2 Å². The van der Waals surface area contributed by atoms with E-state index in [2.05, 4.69) is 9.97 Å². The number of thiophene rings is 1. The molecule has 3 aromatic heterocycles. The van der Waals surface area contributed by atoms with Crippen LogP contribution in [0, 0.1) is 11.7 Å². The molecule has 3 aromatic rings. The zero-order valence-corrected chi connectivity index (χ0v) is 16.0. The van der Waals surface area contributed by atoms with Crippen LogP contribution in [0.4, 0.5) is 13.2 Å². The van der Waals surface area contributed by atoms with E-state index in [4.69, 9.17) is 12.2 Å². The molecule has 1 aliphatic rings. The molecule has 3 heterocycles. The van der Waals surface area contributed by atoms with Crippen molar-refractivity contribution in [3.63, 3.8) is 0 Å². The molecule has 0 aromatic carbocycles. The minimum atomic E-state index is -4.67. The largest absolute Gasteiger partial charge is 0.417 e. The summed E-state index contributed by atoms with van der Waals surface area (Å²) in [5, 5.41) is -0.444. The first-order valence-corrected chi connectivity index (χ1v) is 9.82. The van der Waals surface area contributed by atoms with Crippen molar-refractivity contribution in [2.45, 2.75) is 44.8 Å². The number of H-pyrrole nitrogens is 1. The van der Waals surface area contributed by atoms with Crippen molar-refractivity contribution >= 4 is 34.6 Å². The average Bonchev–Trinajstić information content (AvgIpc) is 3.24. The number of halogens is 3. The lowest BCUT2D eigenvalue weighted by atomic mass is 10.1. The van der Waals surface area contributed by atoms with Gasteiger partial charge in [-0.05, 0) is 50.2 Å². The van der Waals surface area contributed by atoms with Gasteiger partial charge in [0, 0.05) is 10.9 Å². The molecular formula is C18H16F3N3OS2. The van der Waals surface area contributed by atoms with Crippen LogP contribution in [0.25, 0.3) is 21.6 Å². The summed E-state index contributed by atoms with van der Waals surface area (Å²) in [6.07, 6.45) is -1.11. The van der Waals surface area contributed by atoms with E-state index in [1.54, 1.807) is 10.6 Å². The van der Waals surface area contributed by atoms with Gasteiger partial charge >= 0.3 is 6.18 Å². The molecule has 0 unspecified atom stereocenters. The summed E-state index contributed by atoms with van der Waals surface area (Å²) in [7, 11) is 0. The Bertz CT molecular complexity index is 1140. The molecule has 27 heavy (non-hydrogen) atoms. The fourth-order valence-electron chi connectivity index (χ4n) is 3.67. The van der Waals surface area contributed by atoms with Gasteiger partial charge in [0.25, 0.3) is 5.56 Å². The highest BCUT2D eigenvalue weighted by molar-refractivity contribution is 7.71. The summed E-state index contributed by atoms with van der Waals surface area (Å²) >= 11 is 6.66. The summed E-state index contributed by atoms with van der Waals surface area (Å²) in [6, 6.07) is 4.49. The smallest absolute Gasteiger partial charge is 0.299 e. The highest BCUT2D eigenvalue weighted by atomic mass is 32.1. The monoisotopic (exact) mass is 411 g/mol. The van der Waals surface area contributed by atoms with Crippen LogP contribution in [0.3, 0.4) is 0 Å². The van der Waals surface area contributed by atoms with Gasteiger partial charge in [-0.25, -0.2) is 4.98 Å². The minimum Gasteiger partial charge on any atom is -0.299 e. The maximum absolute atomic E-state index is 13.8. The summed E-state index contributed by atoms with van der Waals surface area (Å²) in [6.45, 7) is 1.88. The van der Waals surface area contributed by atoms with Crippen molar-refractivity contribution in [2.75, 3.05) is 0 Å². The summed E-state index contributed by atoms with van der Waals surface area (Å²) in [4.78, 5) is 20.9. The van der Waals surface area contributed by atoms with Gasteiger partial charge in [0.15, 0.2) is 4.77 Å². The first kappa shape index (κ1) is 18.4. The number of fused-ring (bicyclic) bond motifs is 1. The van der Waals surface area contributed by atoms with E-state index in [-0.39, 0.29) is 22.2 Å². The predicted molar refractivity (Wildman–Crippen MR) is 102 cm³/mol. The number of pyridine rings is 1. The second-order valence-electron chi connectivity index (χ2n) is 6.73. The maximum atomic E-state index is 13.8. The highest BCUT2D eigenvalue weighted by Crippen LogP contribution is 2.38. The van der Waals surface area contributed by atoms with Crippen molar-refractivity contribution in [1.82, 2.24) is 14.5 Å². The fraction of sp³-hybridized carbons (Fsp3) is 0.389. The molecular weight excluding hydrogens is 395 g/mol. The molecule has 9 heteroatoms. The number of aryl methyl sites for hydroxylation is 1. The van der Waals surface area contributed by atoms with E-state index in [1.807, 2.05) is 13.0 Å². The van der Waals surface area contributed by atoms with Crippen molar-refractivity contribution in [1.29, 1.82) is 0 Å². The maximum Gasteiger partial charge on any atom is 0.417 e. The standard InChI is InChI=1S/C18H16F3N3OS2/c1-9-6-7-13(27-9)12-8-11(18(19,20)21)14-15(22-12)24(10-4-2-3-5-10)17(26)23-16(14)25/h6-8,10H,2-5H2,1H3,(H,23,25,26). The van der Waals surface area contributed by atoms with Crippen molar-refractivity contribution in [3.8, 4) is 10.6 Å². The van der Waals surface area contributed by atoms with Crippen LogP contribution < -0.4 is 5.56 Å². The Hall–Kier alpha value is -2.00. The number of nitrogens with zero attached hydrogens (tertiary/aromatic N) is 2. The molecule has 0 radical (unpaired) electrons. The topological polar surface area (TPSA) is 50.7 Å². The molecule has 4 nitrogen and oxygen atoms in total. The molecule has 1 N–H and O–H groups in total. The summed E-state index contributed by atoms with van der Waals surface area (Å²) in [5.41, 5.74) is -1.60. The van der Waals surface area contributed by atoms with Gasteiger partial charge < -0.3 is 0 Å². The molecule has 142 valence electrons. The van der Waals surface area contributed by atoms with Crippen molar-refractivity contribution in [3.05, 3.63) is 43.8 Å². The first-order valence-electron chi connectivity index (χ1n) is 8.59. The van der Waals surface area contributed by atoms with Crippen LogP contribution >= 0.6 is 23.6 Å². The minimum absolute atomic E-state index is 0.0199. The number of rotatable bonds is 2. The van der Waals surface area contributed by atoms with Gasteiger partial charge in [0.1, 0.15) is 5.65 Å². The molecule has 1 saturated carbocycles. The third-order valence-electron chi connectivity index (χ3n) is 4.88. The van der Waals surface area contributed by atoms with Gasteiger partial charge in [-0.1, -0.05) is 12.8 Å². The fourth-order valence-corrected chi connectivity index (χ4v) is 4.83. The molecule has 1 fully saturated rings. The predicted octanol–water partition coefficient (Wildman–Crippen LogP) is 5.62. The van der Waals surface area contributed by atoms with Gasteiger partial charge in [-0.2, -0.15) is 13.2 Å². The highest BCUT2D eigenvalue weighted by Gasteiger charge is 2.36. The molecule has 0 atom stereocenters. The van der Waals surface area contributed by atoms with Crippen LogP contribution in [0.2, 0.25) is 0 Å². The lowest BCUT2D eigenvalue weighted by Crippen LogP contribution is -2.22. The molecule has 1 aliphatic carbocycles. The summed E-state index contributed by atoms with van der Waals surface area (Å²) < 4.78 is 43.1. The zero-order valence-electron chi connectivity index (χ0n) is 14.4. The van der Waals surface area contributed by atoms with E-state index >= 15 is 0 Å². The van der Waals surface area contributed by atoms with Crippen molar-refractivity contribution < 1.29 is 13.2 Å². The second-order valence-corrected chi connectivity index (χ2v) is 8.40. The molecule has 4 rings (SSSR count). The molecule has 0 bridgehead atoms. The average molecular weight is 411 g/mol. The van der Waals surface area contributed by atoms with Crippen LogP contribution in [0.15, 0.2) is 23.0 Å². The normalized spacial score (nSPS) is 15.7. The third-order valence-corrected chi connectivity index (χ3v) is 6.20. The number of hydrogen-bond acceptors (Lipinski definition) is 4. The Labute approximate surface area is 161 Å². The van der Waals surface area contributed by atoms with E-state index in [0.717, 1.165) is 36.6 Å². The molecule has 0 saturated heterocycles. The lowest BCUT2D eigenvalue weighted by molar-refractivity contribution is -0.136. The molecule has 0 aliphatic heterocycles. The molecule has 0 spiro atoms. The number of aromatic amines is 1. The van der Waals surface area contributed by atoms with E-state index in [9.17, 15) is 18.0 Å². The van der Waals surface area contributed by atoms with E-state index in [0.29, 0.717) is 4.88 Å². The van der Waals surface area contributed by atoms with Gasteiger partial charge in [-0.15, -0.1) is 11.3 Å². The first-order chi connectivity index (χ1) is 12.8. The molecule has 0 amide bonds. The summed E-state index contributed by atoms with van der Waals surface area (Å²) in [5.74, 6) is 0. The Balaban J connectivity index is 2.13. The van der Waals surface area contributed by atoms with Gasteiger partial charge in [0.2, 0.25) is 0 Å². The van der Waals surface area contributed by atoms with Crippen LogP contribution in [-0.2, 0) is 6.18 Å². The van der Waals surface area contributed by atoms with Crippen molar-refractivity contribution in [2.24, 2.45) is 0 Å². The third kappa shape index (κ3) is 3.23. The SMILES string of the molecule is Cc1ccc(-c2cc(C(F)(F)F)c3c(=O)[nH]c(=S)n(C4CCCC4)c3n2)s1. The Kier molecular flexibility index (Phi) is 4.46. The number of alkyl halides is 3.